The van der Waals surface area contributed by atoms with Gasteiger partial charge in [0.25, 0.3) is 0 Å². The molecule has 0 bridgehead atoms. The van der Waals surface area contributed by atoms with Gasteiger partial charge in [0.1, 0.15) is 24.9 Å². The summed E-state index contributed by atoms with van der Waals surface area (Å²) in [7, 11) is 4.59. The Labute approximate surface area is 173 Å². The van der Waals surface area contributed by atoms with Gasteiger partial charge in [0.2, 0.25) is 0 Å². The summed E-state index contributed by atoms with van der Waals surface area (Å²) in [5, 5.41) is 0. The zero-order valence-corrected chi connectivity index (χ0v) is 18.0. The summed E-state index contributed by atoms with van der Waals surface area (Å²) < 4.78 is 34.3. The van der Waals surface area contributed by atoms with Crippen molar-refractivity contribution in [2.24, 2.45) is 5.92 Å². The first-order chi connectivity index (χ1) is 14.0. The fourth-order valence-corrected chi connectivity index (χ4v) is 3.45. The van der Waals surface area contributed by atoms with E-state index in [4.69, 9.17) is 28.4 Å². The Morgan fingerprint density at radius 3 is 2.28 bits per heavy atom. The number of esters is 1. The monoisotopic (exact) mass is 410 g/mol. The summed E-state index contributed by atoms with van der Waals surface area (Å²) in [4.78, 5) is 11.6. The molecule has 0 radical (unpaired) electrons. The van der Waals surface area contributed by atoms with Gasteiger partial charge in [-0.3, -0.25) is 0 Å². The average molecular weight is 411 g/mol. The van der Waals surface area contributed by atoms with Gasteiger partial charge in [-0.15, -0.1) is 0 Å². The molecule has 0 N–H and O–H groups in total. The van der Waals surface area contributed by atoms with Crippen LogP contribution in [-0.2, 0) is 39.8 Å². The second kappa shape index (κ2) is 12.2. The Kier molecular flexibility index (Phi) is 10.0. The molecule has 0 unspecified atom stereocenters. The molecule has 0 spiro atoms. The number of ether oxygens (including phenoxy) is 6. The number of carbonyl (C=O) groups excluding carboxylic acids is 1. The predicted molar refractivity (Wildman–Crippen MR) is 107 cm³/mol. The Balaban J connectivity index is 2.17. The lowest BCUT2D eigenvalue weighted by Crippen LogP contribution is -2.60. The van der Waals surface area contributed by atoms with Gasteiger partial charge in [-0.05, 0) is 24.3 Å². The van der Waals surface area contributed by atoms with Crippen molar-refractivity contribution < 1.29 is 33.2 Å². The number of carbonyl (C=O) groups is 1. The smallest absolute Gasteiger partial charge is 0.331 e. The summed E-state index contributed by atoms with van der Waals surface area (Å²) in [6, 6.07) is 9.82. The molecule has 2 rings (SSSR count). The largest absolute Gasteiger partial charge is 0.467 e. The van der Waals surface area contributed by atoms with Crippen LogP contribution in [0.25, 0.3) is 0 Å². The van der Waals surface area contributed by atoms with Gasteiger partial charge < -0.3 is 28.4 Å². The Morgan fingerprint density at radius 1 is 1.00 bits per heavy atom. The first-order valence-electron chi connectivity index (χ1n) is 10.0. The molecule has 1 aromatic rings. The van der Waals surface area contributed by atoms with Gasteiger partial charge in [0.05, 0.1) is 19.8 Å². The molecule has 0 amide bonds. The lowest BCUT2D eigenvalue weighted by Gasteiger charge is -2.45. The van der Waals surface area contributed by atoms with E-state index in [-0.39, 0.29) is 18.8 Å². The molecule has 1 saturated heterocycles. The van der Waals surface area contributed by atoms with E-state index in [1.54, 1.807) is 14.2 Å². The minimum Gasteiger partial charge on any atom is -0.467 e. The van der Waals surface area contributed by atoms with E-state index in [1.807, 2.05) is 30.3 Å². The van der Waals surface area contributed by atoms with Crippen molar-refractivity contribution in [3.05, 3.63) is 35.9 Å². The Bertz CT molecular complexity index is 592. The van der Waals surface area contributed by atoms with E-state index in [9.17, 15) is 4.79 Å². The number of rotatable bonds is 11. The van der Waals surface area contributed by atoms with Crippen molar-refractivity contribution in [1.29, 1.82) is 0 Å². The molecule has 1 fully saturated rings. The zero-order valence-electron chi connectivity index (χ0n) is 18.0. The number of hydrogen-bond donors (Lipinski definition) is 0. The van der Waals surface area contributed by atoms with Gasteiger partial charge >= 0.3 is 5.97 Å². The summed E-state index contributed by atoms with van der Waals surface area (Å²) in [5.41, 5.74) is 1.02. The predicted octanol–water partition coefficient (Wildman–Crippen LogP) is 2.95. The summed E-state index contributed by atoms with van der Waals surface area (Å²) in [6.07, 6.45) is -0.516. The number of methoxy groups -OCH3 is 3. The molecule has 0 aromatic heterocycles. The van der Waals surface area contributed by atoms with Gasteiger partial charge in [-0.2, -0.15) is 0 Å². The van der Waals surface area contributed by atoms with Crippen LogP contribution < -0.4 is 0 Å². The van der Waals surface area contributed by atoms with Crippen LogP contribution in [0.3, 0.4) is 0 Å². The van der Waals surface area contributed by atoms with Gasteiger partial charge in [-0.1, -0.05) is 44.2 Å². The van der Waals surface area contributed by atoms with Gasteiger partial charge in [-0.25, -0.2) is 4.79 Å². The first-order valence-corrected chi connectivity index (χ1v) is 10.0. The van der Waals surface area contributed by atoms with Crippen LogP contribution in [0.1, 0.15) is 32.3 Å². The quantitative estimate of drug-likeness (QED) is 0.519. The fraction of sp³-hybridized carbons (Fsp3) is 0.682. The van der Waals surface area contributed by atoms with Crippen molar-refractivity contribution >= 4 is 5.97 Å². The highest BCUT2D eigenvalue weighted by Gasteiger charge is 2.48. The standard InChI is InChI=1S/C22H34O7/c1-15(2)11-12-17-19(25-4)20(26-5)21(22(29-17)28-14-18(23)24-3)27-13-16-9-7-6-8-10-16/h6-10,15,17,19-22H,11-14H2,1-5H3/t17-,19-,20+,21+,22-/m1/s1. The average Bonchev–Trinajstić information content (AvgIpc) is 2.74. The van der Waals surface area contributed by atoms with E-state index >= 15 is 0 Å². The summed E-state index contributed by atoms with van der Waals surface area (Å²) in [5.74, 6) is 0.0514. The van der Waals surface area contributed by atoms with E-state index in [2.05, 4.69) is 13.8 Å². The molecule has 0 aliphatic carbocycles. The van der Waals surface area contributed by atoms with Crippen molar-refractivity contribution in [3.8, 4) is 0 Å². The molecule has 1 aliphatic heterocycles. The minimum atomic E-state index is -0.772. The van der Waals surface area contributed by atoms with Crippen LogP contribution in [0.4, 0.5) is 0 Å². The molecule has 1 aromatic carbocycles. The van der Waals surface area contributed by atoms with Crippen LogP contribution in [0.2, 0.25) is 0 Å². The summed E-state index contributed by atoms with van der Waals surface area (Å²) >= 11 is 0. The van der Waals surface area contributed by atoms with Gasteiger partial charge in [0, 0.05) is 14.2 Å². The maximum absolute atomic E-state index is 11.6. The molecule has 7 nitrogen and oxygen atoms in total. The van der Waals surface area contributed by atoms with E-state index in [1.165, 1.54) is 7.11 Å². The molecule has 7 heteroatoms. The third kappa shape index (κ3) is 7.04. The molecule has 5 atom stereocenters. The van der Waals surface area contributed by atoms with Crippen molar-refractivity contribution in [1.82, 2.24) is 0 Å². The molecule has 1 aliphatic rings. The topological polar surface area (TPSA) is 72.5 Å². The third-order valence-corrected chi connectivity index (χ3v) is 5.04. The molecule has 29 heavy (non-hydrogen) atoms. The van der Waals surface area contributed by atoms with E-state index in [0.717, 1.165) is 18.4 Å². The Morgan fingerprint density at radius 2 is 1.69 bits per heavy atom. The van der Waals surface area contributed by atoms with Crippen LogP contribution in [0, 0.1) is 5.92 Å². The van der Waals surface area contributed by atoms with Crippen LogP contribution >= 0.6 is 0 Å². The van der Waals surface area contributed by atoms with Gasteiger partial charge in [0.15, 0.2) is 6.29 Å². The normalized spacial score (nSPS) is 27.2. The maximum atomic E-state index is 11.6. The highest BCUT2D eigenvalue weighted by Crippen LogP contribution is 2.31. The van der Waals surface area contributed by atoms with Crippen molar-refractivity contribution in [2.75, 3.05) is 27.9 Å². The van der Waals surface area contributed by atoms with Crippen molar-refractivity contribution in [2.45, 2.75) is 64.0 Å². The number of benzene rings is 1. The zero-order chi connectivity index (χ0) is 21.2. The molecule has 1 heterocycles. The highest BCUT2D eigenvalue weighted by atomic mass is 16.7. The SMILES string of the molecule is COC(=O)CO[C@@H]1O[C@H](CCC(C)C)[C@@H](OC)[C@H](OC)[C@@H]1OCc1ccccc1. The fourth-order valence-electron chi connectivity index (χ4n) is 3.45. The molecular formula is C22H34O7. The second-order valence-electron chi connectivity index (χ2n) is 7.56. The Hall–Kier alpha value is -1.51. The van der Waals surface area contributed by atoms with E-state index < -0.39 is 24.5 Å². The molecule has 0 saturated carbocycles. The lowest BCUT2D eigenvalue weighted by atomic mass is 9.93. The maximum Gasteiger partial charge on any atom is 0.331 e. The van der Waals surface area contributed by atoms with Crippen LogP contribution in [0.5, 0.6) is 0 Å². The first kappa shape index (κ1) is 23.8. The highest BCUT2D eigenvalue weighted by molar-refractivity contribution is 5.70. The lowest BCUT2D eigenvalue weighted by molar-refractivity contribution is -0.314. The third-order valence-electron chi connectivity index (χ3n) is 5.04. The second-order valence-corrected chi connectivity index (χ2v) is 7.56. The van der Waals surface area contributed by atoms with E-state index in [0.29, 0.717) is 12.5 Å². The minimum absolute atomic E-state index is 0.225. The van der Waals surface area contributed by atoms with Crippen LogP contribution in [-0.4, -0.2) is 64.6 Å². The van der Waals surface area contributed by atoms with Crippen molar-refractivity contribution in [3.63, 3.8) is 0 Å². The molecular weight excluding hydrogens is 376 g/mol. The summed E-state index contributed by atoms with van der Waals surface area (Å²) in [6.45, 7) is 4.46. The number of hydrogen-bond acceptors (Lipinski definition) is 7. The van der Waals surface area contributed by atoms with Crippen LogP contribution in [0.15, 0.2) is 30.3 Å². The molecule has 164 valence electrons.